The molecule has 0 aliphatic rings. The molecule has 0 atom stereocenters. The molecule has 0 saturated carbocycles. The van der Waals surface area contributed by atoms with Gasteiger partial charge in [-0.05, 0) is 44.1 Å². The van der Waals surface area contributed by atoms with Crippen LogP contribution in [0.3, 0.4) is 0 Å². The number of benzene rings is 1. The molecule has 1 aromatic rings. The lowest BCUT2D eigenvalue weighted by atomic mass is 10.1. The number of methoxy groups -OCH3 is 1. The Morgan fingerprint density at radius 1 is 1.50 bits per heavy atom. The summed E-state index contributed by atoms with van der Waals surface area (Å²) in [6.45, 7) is 1.53. The molecule has 0 aliphatic heterocycles. The van der Waals surface area contributed by atoms with Crippen molar-refractivity contribution in [1.29, 1.82) is 0 Å². The molecule has 0 aliphatic carbocycles. The van der Waals surface area contributed by atoms with E-state index < -0.39 is 0 Å². The molecule has 0 spiro atoms. The van der Waals surface area contributed by atoms with Crippen molar-refractivity contribution in [3.8, 4) is 5.75 Å². The molecule has 0 unspecified atom stereocenters. The SMILES string of the molecule is CNSc1ccc(OC)c(C(C)=O)c1. The van der Waals surface area contributed by atoms with E-state index in [9.17, 15) is 4.79 Å². The summed E-state index contributed by atoms with van der Waals surface area (Å²) in [4.78, 5) is 12.3. The Balaban J connectivity index is 3.07. The topological polar surface area (TPSA) is 38.3 Å². The van der Waals surface area contributed by atoms with Crippen molar-refractivity contribution in [1.82, 2.24) is 4.72 Å². The number of hydrogen-bond acceptors (Lipinski definition) is 4. The van der Waals surface area contributed by atoms with E-state index in [0.29, 0.717) is 11.3 Å². The second kappa shape index (κ2) is 5.02. The summed E-state index contributed by atoms with van der Waals surface area (Å²) in [6.07, 6.45) is 0. The number of ketones is 1. The van der Waals surface area contributed by atoms with Gasteiger partial charge in [0.15, 0.2) is 5.78 Å². The van der Waals surface area contributed by atoms with Crippen LogP contribution in [-0.4, -0.2) is 19.9 Å². The molecule has 0 saturated heterocycles. The Hall–Kier alpha value is -1.00. The quantitative estimate of drug-likeness (QED) is 0.611. The minimum absolute atomic E-state index is 0.0143. The fourth-order valence-electron chi connectivity index (χ4n) is 1.14. The molecule has 4 heteroatoms. The number of Topliss-reactive ketones (excluding diaryl/α,β-unsaturated/α-hetero) is 1. The first-order valence-electron chi connectivity index (χ1n) is 4.21. The van der Waals surface area contributed by atoms with Gasteiger partial charge in [-0.25, -0.2) is 0 Å². The largest absolute Gasteiger partial charge is 0.496 e. The van der Waals surface area contributed by atoms with E-state index in [-0.39, 0.29) is 5.78 Å². The van der Waals surface area contributed by atoms with Crippen LogP contribution in [0.5, 0.6) is 5.75 Å². The van der Waals surface area contributed by atoms with E-state index >= 15 is 0 Å². The van der Waals surface area contributed by atoms with Gasteiger partial charge in [0.25, 0.3) is 0 Å². The average molecular weight is 211 g/mol. The zero-order valence-corrected chi connectivity index (χ0v) is 9.27. The zero-order chi connectivity index (χ0) is 10.6. The van der Waals surface area contributed by atoms with E-state index in [1.54, 1.807) is 13.2 Å². The summed E-state index contributed by atoms with van der Waals surface area (Å²) in [5, 5.41) is 0. The van der Waals surface area contributed by atoms with Crippen molar-refractivity contribution < 1.29 is 9.53 Å². The summed E-state index contributed by atoms with van der Waals surface area (Å²) in [5.74, 6) is 0.637. The van der Waals surface area contributed by atoms with Crippen molar-refractivity contribution in [3.63, 3.8) is 0 Å². The average Bonchev–Trinajstić information content (AvgIpc) is 2.18. The molecule has 1 N–H and O–H groups in total. The fourth-order valence-corrected chi connectivity index (χ4v) is 1.69. The number of rotatable bonds is 4. The van der Waals surface area contributed by atoms with E-state index in [0.717, 1.165) is 4.90 Å². The molecule has 0 fully saturated rings. The van der Waals surface area contributed by atoms with Crippen LogP contribution in [0.25, 0.3) is 0 Å². The maximum absolute atomic E-state index is 11.3. The zero-order valence-electron chi connectivity index (χ0n) is 8.46. The Bertz CT molecular complexity index is 339. The normalized spacial score (nSPS) is 9.93. The van der Waals surface area contributed by atoms with Crippen molar-refractivity contribution in [3.05, 3.63) is 23.8 Å². The molecule has 3 nitrogen and oxygen atoms in total. The fraction of sp³-hybridized carbons (Fsp3) is 0.300. The summed E-state index contributed by atoms with van der Waals surface area (Å²) < 4.78 is 8.04. The number of hydrogen-bond donors (Lipinski definition) is 1. The minimum Gasteiger partial charge on any atom is -0.496 e. The first-order chi connectivity index (χ1) is 6.69. The highest BCUT2D eigenvalue weighted by molar-refractivity contribution is 7.97. The van der Waals surface area contributed by atoms with Gasteiger partial charge in [0.1, 0.15) is 5.75 Å². The van der Waals surface area contributed by atoms with Gasteiger partial charge in [0, 0.05) is 4.90 Å². The second-order valence-corrected chi connectivity index (χ2v) is 3.81. The Kier molecular flexibility index (Phi) is 3.98. The van der Waals surface area contributed by atoms with Gasteiger partial charge in [0.2, 0.25) is 0 Å². The van der Waals surface area contributed by atoms with Gasteiger partial charge in [-0.1, -0.05) is 0 Å². The summed E-state index contributed by atoms with van der Waals surface area (Å²) in [7, 11) is 3.40. The van der Waals surface area contributed by atoms with Gasteiger partial charge in [-0.3, -0.25) is 9.52 Å². The van der Waals surface area contributed by atoms with Crippen LogP contribution in [0, 0.1) is 0 Å². The monoisotopic (exact) mass is 211 g/mol. The highest BCUT2D eigenvalue weighted by Crippen LogP contribution is 2.24. The molecule has 0 bridgehead atoms. The number of nitrogens with one attached hydrogen (secondary N) is 1. The second-order valence-electron chi connectivity index (χ2n) is 2.72. The highest BCUT2D eigenvalue weighted by Gasteiger charge is 2.08. The number of ether oxygens (including phenoxy) is 1. The van der Waals surface area contributed by atoms with Crippen molar-refractivity contribution in [2.45, 2.75) is 11.8 Å². The number of carbonyl (C=O) groups excluding carboxylic acids is 1. The van der Waals surface area contributed by atoms with Crippen LogP contribution < -0.4 is 9.46 Å². The molecule has 76 valence electrons. The van der Waals surface area contributed by atoms with Crippen LogP contribution in [0.2, 0.25) is 0 Å². The summed E-state index contributed by atoms with van der Waals surface area (Å²) in [6, 6.07) is 5.53. The molecular weight excluding hydrogens is 198 g/mol. The Morgan fingerprint density at radius 3 is 2.71 bits per heavy atom. The molecule has 0 radical (unpaired) electrons. The molecule has 1 aromatic carbocycles. The lowest BCUT2D eigenvalue weighted by Crippen LogP contribution is -1.99. The van der Waals surface area contributed by atoms with Crippen molar-refractivity contribution in [2.75, 3.05) is 14.2 Å². The first kappa shape index (κ1) is 11.1. The van der Waals surface area contributed by atoms with Crippen LogP contribution in [0.15, 0.2) is 23.1 Å². The van der Waals surface area contributed by atoms with Crippen LogP contribution in [0.4, 0.5) is 0 Å². The molecule has 1 rings (SSSR count). The Labute approximate surface area is 88.0 Å². The predicted octanol–water partition coefficient (Wildman–Crippen LogP) is 2.12. The summed E-state index contributed by atoms with van der Waals surface area (Å²) in [5.41, 5.74) is 0.618. The summed E-state index contributed by atoms with van der Waals surface area (Å²) >= 11 is 1.47. The Morgan fingerprint density at radius 2 is 2.21 bits per heavy atom. The van der Waals surface area contributed by atoms with E-state index in [1.807, 2.05) is 19.2 Å². The molecular formula is C10H13NO2S. The predicted molar refractivity (Wildman–Crippen MR) is 57.9 cm³/mol. The van der Waals surface area contributed by atoms with Crippen LogP contribution >= 0.6 is 11.9 Å². The molecule has 0 aromatic heterocycles. The van der Waals surface area contributed by atoms with Gasteiger partial charge < -0.3 is 4.74 Å². The van der Waals surface area contributed by atoms with E-state index in [1.165, 1.54) is 18.9 Å². The maximum atomic E-state index is 11.3. The van der Waals surface area contributed by atoms with Crippen LogP contribution in [0.1, 0.15) is 17.3 Å². The van der Waals surface area contributed by atoms with E-state index in [2.05, 4.69) is 4.72 Å². The third-order valence-electron chi connectivity index (χ3n) is 1.77. The lowest BCUT2D eigenvalue weighted by molar-refractivity contribution is 0.101. The smallest absolute Gasteiger partial charge is 0.163 e. The molecule has 0 heterocycles. The van der Waals surface area contributed by atoms with Gasteiger partial charge >= 0.3 is 0 Å². The third-order valence-corrected chi connectivity index (χ3v) is 2.46. The first-order valence-corrected chi connectivity index (χ1v) is 5.03. The van der Waals surface area contributed by atoms with E-state index in [4.69, 9.17) is 4.74 Å². The third kappa shape index (κ3) is 2.49. The molecule has 0 amide bonds. The lowest BCUT2D eigenvalue weighted by Gasteiger charge is -2.07. The van der Waals surface area contributed by atoms with Gasteiger partial charge in [-0.15, -0.1) is 0 Å². The van der Waals surface area contributed by atoms with Crippen LogP contribution in [-0.2, 0) is 0 Å². The van der Waals surface area contributed by atoms with Crippen molar-refractivity contribution >= 4 is 17.7 Å². The minimum atomic E-state index is 0.0143. The standard InChI is InChI=1S/C10H13NO2S/c1-7(12)9-6-8(14-11-2)4-5-10(9)13-3/h4-6,11H,1-3H3. The maximum Gasteiger partial charge on any atom is 0.163 e. The number of carbonyl (C=O) groups is 1. The van der Waals surface area contributed by atoms with Gasteiger partial charge in [-0.2, -0.15) is 0 Å². The van der Waals surface area contributed by atoms with Crippen molar-refractivity contribution in [2.24, 2.45) is 0 Å². The van der Waals surface area contributed by atoms with Gasteiger partial charge in [0.05, 0.1) is 12.7 Å². The molecule has 14 heavy (non-hydrogen) atoms. The highest BCUT2D eigenvalue weighted by atomic mass is 32.2.